The van der Waals surface area contributed by atoms with Crippen molar-refractivity contribution in [2.24, 2.45) is 5.14 Å². The lowest BCUT2D eigenvalue weighted by atomic mass is 10.0. The van der Waals surface area contributed by atoms with Crippen molar-refractivity contribution in [1.82, 2.24) is 0 Å². The van der Waals surface area contributed by atoms with E-state index in [-0.39, 0.29) is 5.56 Å². The average molecular weight is 383 g/mol. The number of rotatable bonds is 5. The normalized spacial score (nSPS) is 14.1. The van der Waals surface area contributed by atoms with Crippen LogP contribution in [0.5, 0.6) is 5.75 Å². The quantitative estimate of drug-likeness (QED) is 0.790. The Hall–Kier alpha value is -1.56. The number of primary sulfonamides is 1. The van der Waals surface area contributed by atoms with E-state index in [1.807, 2.05) is 0 Å². The third-order valence-corrected chi connectivity index (χ3v) is 3.80. The van der Waals surface area contributed by atoms with Crippen molar-refractivity contribution in [3.8, 4) is 5.75 Å². The molecule has 0 saturated carbocycles. The number of halogens is 7. The highest BCUT2D eigenvalue weighted by Crippen LogP contribution is 2.48. The lowest BCUT2D eigenvalue weighted by Gasteiger charge is -2.29. The Morgan fingerprint density at radius 2 is 1.54 bits per heavy atom. The number of nitrogens with two attached hydrogens (primary N) is 1. The molecule has 0 saturated heterocycles. The zero-order valence-electron chi connectivity index (χ0n) is 12.2. The van der Waals surface area contributed by atoms with Crippen molar-refractivity contribution >= 4 is 10.0 Å². The molecular formula is C12H12F7NO3S. The molecule has 0 aliphatic heterocycles. The van der Waals surface area contributed by atoms with Gasteiger partial charge in [-0.3, -0.25) is 0 Å². The molecule has 2 N–H and O–H groups in total. The number of hydrogen-bond acceptors (Lipinski definition) is 3. The Morgan fingerprint density at radius 1 is 1.04 bits per heavy atom. The molecule has 0 unspecified atom stereocenters. The number of hydrogen-bond donors (Lipinski definition) is 1. The number of sulfonamides is 1. The summed E-state index contributed by atoms with van der Waals surface area (Å²) < 4.78 is 115. The third-order valence-electron chi connectivity index (χ3n) is 2.89. The molecule has 0 atom stereocenters. The maximum Gasteiger partial charge on any atom is 0.474 e. The summed E-state index contributed by atoms with van der Waals surface area (Å²) in [5.74, 6) is -8.21. The van der Waals surface area contributed by atoms with Gasteiger partial charge in [0.2, 0.25) is 10.0 Å². The molecule has 138 valence electrons. The number of ether oxygens (including phenoxy) is 1. The molecule has 0 spiro atoms. The van der Waals surface area contributed by atoms with Crippen LogP contribution in [-0.2, 0) is 10.0 Å². The first-order chi connectivity index (χ1) is 10.5. The molecule has 24 heavy (non-hydrogen) atoms. The van der Waals surface area contributed by atoms with E-state index in [1.54, 1.807) is 0 Å². The number of alkyl halides is 7. The molecule has 0 bridgehead atoms. The molecule has 0 radical (unpaired) electrons. The first-order valence-corrected chi connectivity index (χ1v) is 7.73. The minimum Gasteiger partial charge on any atom is -0.427 e. The summed E-state index contributed by atoms with van der Waals surface area (Å²) in [5, 5.41) is 4.84. The summed E-state index contributed by atoms with van der Waals surface area (Å²) in [6, 6.07) is 1.95. The Kier molecular flexibility index (Phi) is 5.17. The van der Waals surface area contributed by atoms with Gasteiger partial charge in [-0.05, 0) is 29.7 Å². The van der Waals surface area contributed by atoms with Crippen LogP contribution in [0.25, 0.3) is 0 Å². The highest BCUT2D eigenvalue weighted by molar-refractivity contribution is 7.89. The van der Waals surface area contributed by atoms with Gasteiger partial charge < -0.3 is 4.74 Å². The van der Waals surface area contributed by atoms with E-state index in [0.717, 1.165) is 6.07 Å². The SMILES string of the molecule is CC(C)c1cc(S(N)(=O)=O)ccc1OC(F)(F)C(F)(F)C(F)(F)F. The molecule has 1 rings (SSSR count). The Bertz CT molecular complexity index is 714. The van der Waals surface area contributed by atoms with E-state index < -0.39 is 44.8 Å². The Labute approximate surface area is 132 Å². The van der Waals surface area contributed by atoms with Crippen LogP contribution in [0, 0.1) is 0 Å². The van der Waals surface area contributed by atoms with Crippen LogP contribution < -0.4 is 9.88 Å². The predicted octanol–water partition coefficient (Wildman–Crippen LogP) is 3.63. The Morgan fingerprint density at radius 3 is 1.92 bits per heavy atom. The third kappa shape index (κ3) is 3.91. The molecule has 0 aliphatic carbocycles. The molecular weight excluding hydrogens is 371 g/mol. The van der Waals surface area contributed by atoms with E-state index in [0.29, 0.717) is 12.1 Å². The summed E-state index contributed by atoms with van der Waals surface area (Å²) in [6.07, 6.45) is -12.5. The van der Waals surface area contributed by atoms with Crippen molar-refractivity contribution in [1.29, 1.82) is 0 Å². The van der Waals surface area contributed by atoms with Gasteiger partial charge in [-0.1, -0.05) is 13.8 Å². The topological polar surface area (TPSA) is 69.4 Å². The van der Waals surface area contributed by atoms with Crippen LogP contribution in [0.2, 0.25) is 0 Å². The summed E-state index contributed by atoms with van der Waals surface area (Å²) in [6.45, 7) is 2.71. The van der Waals surface area contributed by atoms with Crippen LogP contribution in [0.3, 0.4) is 0 Å². The van der Waals surface area contributed by atoms with Gasteiger partial charge in [0, 0.05) is 0 Å². The van der Waals surface area contributed by atoms with Crippen LogP contribution in [0.15, 0.2) is 23.1 Å². The smallest absolute Gasteiger partial charge is 0.427 e. The summed E-state index contributed by atoms with van der Waals surface area (Å²) >= 11 is 0. The first kappa shape index (κ1) is 20.5. The Balaban J connectivity index is 3.38. The fourth-order valence-electron chi connectivity index (χ4n) is 1.61. The highest BCUT2D eigenvalue weighted by atomic mass is 32.2. The molecule has 1 aromatic rings. The van der Waals surface area contributed by atoms with Gasteiger partial charge in [0.1, 0.15) is 5.75 Å². The van der Waals surface area contributed by atoms with Gasteiger partial charge in [-0.2, -0.15) is 30.7 Å². The molecule has 4 nitrogen and oxygen atoms in total. The van der Waals surface area contributed by atoms with Crippen molar-refractivity contribution < 1.29 is 43.9 Å². The minimum atomic E-state index is -6.55. The van der Waals surface area contributed by atoms with Crippen molar-refractivity contribution in [3.63, 3.8) is 0 Å². The van der Waals surface area contributed by atoms with Crippen LogP contribution in [0.1, 0.15) is 25.3 Å². The fraction of sp³-hybridized carbons (Fsp3) is 0.500. The van der Waals surface area contributed by atoms with Gasteiger partial charge >= 0.3 is 18.2 Å². The van der Waals surface area contributed by atoms with Crippen LogP contribution in [0.4, 0.5) is 30.7 Å². The van der Waals surface area contributed by atoms with Gasteiger partial charge in [0.05, 0.1) is 4.90 Å². The molecule has 0 aromatic heterocycles. The number of benzene rings is 1. The molecule has 1 aromatic carbocycles. The van der Waals surface area contributed by atoms with Gasteiger partial charge in [0.25, 0.3) is 0 Å². The average Bonchev–Trinajstić information content (AvgIpc) is 2.35. The van der Waals surface area contributed by atoms with Gasteiger partial charge in [0.15, 0.2) is 0 Å². The molecule has 0 amide bonds. The van der Waals surface area contributed by atoms with Crippen LogP contribution >= 0.6 is 0 Å². The molecule has 0 heterocycles. The van der Waals surface area contributed by atoms with Crippen molar-refractivity contribution in [3.05, 3.63) is 23.8 Å². The zero-order valence-corrected chi connectivity index (χ0v) is 13.0. The molecule has 0 aliphatic rings. The largest absolute Gasteiger partial charge is 0.474 e. The monoisotopic (exact) mass is 383 g/mol. The maximum atomic E-state index is 13.3. The second-order valence-electron chi connectivity index (χ2n) is 5.09. The van der Waals surface area contributed by atoms with Crippen LogP contribution in [-0.4, -0.2) is 26.6 Å². The van der Waals surface area contributed by atoms with Gasteiger partial charge in [-0.15, -0.1) is 0 Å². The minimum absolute atomic E-state index is 0.334. The molecule has 12 heteroatoms. The maximum absolute atomic E-state index is 13.3. The molecule has 0 fully saturated rings. The second-order valence-corrected chi connectivity index (χ2v) is 6.65. The van der Waals surface area contributed by atoms with E-state index in [9.17, 15) is 39.2 Å². The zero-order chi connectivity index (χ0) is 19.1. The lowest BCUT2D eigenvalue weighted by Crippen LogP contribution is -2.55. The van der Waals surface area contributed by atoms with E-state index in [2.05, 4.69) is 4.74 Å². The summed E-state index contributed by atoms with van der Waals surface area (Å²) in [5.41, 5.74) is -0.334. The van der Waals surface area contributed by atoms with E-state index in [4.69, 9.17) is 5.14 Å². The van der Waals surface area contributed by atoms with E-state index >= 15 is 0 Å². The second kappa shape index (κ2) is 6.06. The van der Waals surface area contributed by atoms with Crippen molar-refractivity contribution in [2.45, 2.75) is 42.9 Å². The first-order valence-electron chi connectivity index (χ1n) is 6.19. The predicted molar refractivity (Wildman–Crippen MR) is 68.5 cm³/mol. The summed E-state index contributed by atoms with van der Waals surface area (Å²) in [7, 11) is -4.24. The van der Waals surface area contributed by atoms with E-state index in [1.165, 1.54) is 13.8 Å². The lowest BCUT2D eigenvalue weighted by molar-refractivity contribution is -0.403. The summed E-state index contributed by atoms with van der Waals surface area (Å²) in [4.78, 5) is -0.538. The van der Waals surface area contributed by atoms with Crippen molar-refractivity contribution in [2.75, 3.05) is 0 Å². The standard InChI is InChI=1S/C12H12F7NO3S/c1-6(2)8-5-7(24(20,21)22)3-4-9(8)23-12(18,19)10(13,14)11(15,16)17/h3-6H,1-2H3,(H2,20,21,22). The van der Waals surface area contributed by atoms with Gasteiger partial charge in [-0.25, -0.2) is 13.6 Å². The highest BCUT2D eigenvalue weighted by Gasteiger charge is 2.75. The fourth-order valence-corrected chi connectivity index (χ4v) is 2.16.